The molecule has 8 heteroatoms. The maximum absolute atomic E-state index is 13.9. The van der Waals surface area contributed by atoms with Gasteiger partial charge in [-0.25, -0.2) is 4.39 Å². The molecule has 0 bridgehead atoms. The first-order valence-electron chi connectivity index (χ1n) is 7.75. The Bertz CT molecular complexity index is 810. The van der Waals surface area contributed by atoms with Crippen molar-refractivity contribution in [2.24, 2.45) is 0 Å². The number of rotatable bonds is 6. The van der Waals surface area contributed by atoms with Gasteiger partial charge in [-0.3, -0.25) is 20.4 Å². The molecule has 2 aromatic carbocycles. The van der Waals surface area contributed by atoms with E-state index in [2.05, 4.69) is 10.9 Å². The van der Waals surface area contributed by atoms with Crippen LogP contribution in [-0.4, -0.2) is 32.6 Å². The highest BCUT2D eigenvalue weighted by molar-refractivity contribution is 5.99. The van der Waals surface area contributed by atoms with E-state index < -0.39 is 17.6 Å². The fraction of sp³-hybridized carbons (Fsp3) is 0.222. The van der Waals surface area contributed by atoms with Crippen LogP contribution in [0.25, 0.3) is 0 Å². The zero-order valence-corrected chi connectivity index (χ0v) is 14.6. The van der Waals surface area contributed by atoms with Crippen LogP contribution in [0.4, 0.5) is 4.39 Å². The van der Waals surface area contributed by atoms with Crippen molar-refractivity contribution < 1.29 is 28.2 Å². The second-order valence-corrected chi connectivity index (χ2v) is 5.05. The first-order chi connectivity index (χ1) is 12.5. The van der Waals surface area contributed by atoms with Crippen molar-refractivity contribution in [1.82, 2.24) is 10.9 Å². The van der Waals surface area contributed by atoms with Gasteiger partial charge in [0.15, 0.2) is 11.5 Å². The largest absolute Gasteiger partial charge is 0.497 e. The minimum atomic E-state index is -0.795. The molecule has 0 saturated heterocycles. The summed E-state index contributed by atoms with van der Waals surface area (Å²) in [6.45, 7) is 2.28. The number of hydrazine groups is 1. The van der Waals surface area contributed by atoms with Crippen molar-refractivity contribution >= 4 is 11.8 Å². The molecule has 2 N–H and O–H groups in total. The highest BCUT2D eigenvalue weighted by atomic mass is 19.1. The molecule has 0 aliphatic rings. The smallest absolute Gasteiger partial charge is 0.272 e. The van der Waals surface area contributed by atoms with Gasteiger partial charge in [-0.2, -0.15) is 0 Å². The van der Waals surface area contributed by atoms with Crippen molar-refractivity contribution in [2.45, 2.75) is 6.92 Å². The zero-order chi connectivity index (χ0) is 19.1. The van der Waals surface area contributed by atoms with E-state index in [4.69, 9.17) is 14.2 Å². The second-order valence-electron chi connectivity index (χ2n) is 5.05. The number of benzene rings is 2. The van der Waals surface area contributed by atoms with E-state index in [-0.39, 0.29) is 16.9 Å². The Kier molecular flexibility index (Phi) is 6.37. The molecule has 7 nitrogen and oxygen atoms in total. The maximum Gasteiger partial charge on any atom is 0.272 e. The molecular weight excluding hydrogens is 343 g/mol. The highest BCUT2D eigenvalue weighted by Gasteiger charge is 2.15. The van der Waals surface area contributed by atoms with Crippen LogP contribution in [0.2, 0.25) is 0 Å². The topological polar surface area (TPSA) is 85.9 Å². The van der Waals surface area contributed by atoms with Crippen molar-refractivity contribution in [3.63, 3.8) is 0 Å². The third-order valence-electron chi connectivity index (χ3n) is 3.44. The van der Waals surface area contributed by atoms with Gasteiger partial charge in [0.05, 0.1) is 26.4 Å². The summed E-state index contributed by atoms with van der Waals surface area (Å²) < 4.78 is 29.3. The van der Waals surface area contributed by atoms with Crippen molar-refractivity contribution in [1.29, 1.82) is 0 Å². The van der Waals surface area contributed by atoms with Gasteiger partial charge in [-0.1, -0.05) is 0 Å². The molecule has 2 aromatic rings. The predicted molar refractivity (Wildman–Crippen MR) is 92.0 cm³/mol. The molecule has 2 amide bonds. The number of amides is 2. The van der Waals surface area contributed by atoms with Gasteiger partial charge in [0.25, 0.3) is 11.8 Å². The van der Waals surface area contributed by atoms with Crippen LogP contribution in [0.1, 0.15) is 27.6 Å². The first-order valence-corrected chi connectivity index (χ1v) is 7.75. The van der Waals surface area contributed by atoms with Gasteiger partial charge in [-0.15, -0.1) is 0 Å². The van der Waals surface area contributed by atoms with Gasteiger partial charge in [0, 0.05) is 11.6 Å². The van der Waals surface area contributed by atoms with Crippen molar-refractivity contribution in [3.05, 3.63) is 53.3 Å². The molecule has 0 aliphatic heterocycles. The van der Waals surface area contributed by atoms with Crippen LogP contribution >= 0.6 is 0 Å². The molecule has 2 rings (SSSR count). The SMILES string of the molecule is CCOc1ccc(C(=O)NNC(=O)c2ccc(OC)cc2F)cc1OC. The molecule has 0 aliphatic carbocycles. The summed E-state index contributed by atoms with van der Waals surface area (Å²) in [6.07, 6.45) is 0. The standard InChI is InChI=1S/C18H19FN2O5/c1-4-26-15-8-5-11(9-16(15)25-3)17(22)20-21-18(23)13-7-6-12(24-2)10-14(13)19/h5-10H,4H2,1-3H3,(H,20,22)(H,21,23). The van der Waals surface area contributed by atoms with E-state index in [9.17, 15) is 14.0 Å². The first kappa shape index (κ1) is 19.0. The molecule has 0 heterocycles. The van der Waals surface area contributed by atoms with Crippen LogP contribution in [-0.2, 0) is 0 Å². The average molecular weight is 362 g/mol. The van der Waals surface area contributed by atoms with Crippen LogP contribution in [0.3, 0.4) is 0 Å². The Balaban J connectivity index is 2.05. The molecular formula is C18H19FN2O5. The fourth-order valence-electron chi connectivity index (χ4n) is 2.14. The summed E-state index contributed by atoms with van der Waals surface area (Å²) in [6, 6.07) is 8.35. The molecule has 0 saturated carbocycles. The molecule has 26 heavy (non-hydrogen) atoms. The minimum absolute atomic E-state index is 0.227. The predicted octanol–water partition coefficient (Wildman–Crippen LogP) is 2.32. The average Bonchev–Trinajstić information content (AvgIpc) is 2.66. The second kappa shape index (κ2) is 8.70. The lowest BCUT2D eigenvalue weighted by molar-refractivity contribution is 0.0844. The summed E-state index contributed by atoms with van der Waals surface area (Å²) in [5, 5.41) is 0. The lowest BCUT2D eigenvalue weighted by atomic mass is 10.2. The van der Waals surface area contributed by atoms with E-state index in [1.807, 2.05) is 6.92 Å². The summed E-state index contributed by atoms with van der Waals surface area (Å²) >= 11 is 0. The number of ether oxygens (including phenoxy) is 3. The number of carbonyl (C=O) groups is 2. The third-order valence-corrected chi connectivity index (χ3v) is 3.44. The number of nitrogens with one attached hydrogen (secondary N) is 2. The van der Waals surface area contributed by atoms with Gasteiger partial charge in [0.1, 0.15) is 11.6 Å². The Morgan fingerprint density at radius 3 is 2.31 bits per heavy atom. The van der Waals surface area contributed by atoms with E-state index in [1.165, 1.54) is 38.5 Å². The van der Waals surface area contributed by atoms with Gasteiger partial charge in [0.2, 0.25) is 0 Å². The van der Waals surface area contributed by atoms with E-state index >= 15 is 0 Å². The van der Waals surface area contributed by atoms with Gasteiger partial charge < -0.3 is 14.2 Å². The lowest BCUT2D eigenvalue weighted by Gasteiger charge is -2.12. The van der Waals surface area contributed by atoms with Crippen molar-refractivity contribution in [2.75, 3.05) is 20.8 Å². The number of methoxy groups -OCH3 is 2. The third kappa shape index (κ3) is 4.41. The van der Waals surface area contributed by atoms with E-state index in [0.29, 0.717) is 18.1 Å². The lowest BCUT2D eigenvalue weighted by Crippen LogP contribution is -2.41. The van der Waals surface area contributed by atoms with Crippen LogP contribution in [0.5, 0.6) is 17.2 Å². The fourth-order valence-corrected chi connectivity index (χ4v) is 2.14. The van der Waals surface area contributed by atoms with Crippen LogP contribution in [0.15, 0.2) is 36.4 Å². The monoisotopic (exact) mass is 362 g/mol. The quantitative estimate of drug-likeness (QED) is 0.771. The van der Waals surface area contributed by atoms with Crippen LogP contribution in [0, 0.1) is 5.82 Å². The van der Waals surface area contributed by atoms with Gasteiger partial charge >= 0.3 is 0 Å². The molecule has 0 radical (unpaired) electrons. The number of halogens is 1. The number of carbonyl (C=O) groups excluding carboxylic acids is 2. The minimum Gasteiger partial charge on any atom is -0.497 e. The van der Waals surface area contributed by atoms with Crippen molar-refractivity contribution in [3.8, 4) is 17.2 Å². The Morgan fingerprint density at radius 2 is 1.69 bits per heavy atom. The Morgan fingerprint density at radius 1 is 0.962 bits per heavy atom. The summed E-state index contributed by atoms with van der Waals surface area (Å²) in [5.41, 5.74) is 4.39. The molecule has 138 valence electrons. The molecule has 0 spiro atoms. The van der Waals surface area contributed by atoms with Gasteiger partial charge in [-0.05, 0) is 37.3 Å². The summed E-state index contributed by atoms with van der Waals surface area (Å²) in [4.78, 5) is 24.2. The van der Waals surface area contributed by atoms with E-state index in [1.54, 1.807) is 6.07 Å². The number of hydrogen-bond acceptors (Lipinski definition) is 5. The highest BCUT2D eigenvalue weighted by Crippen LogP contribution is 2.27. The molecule has 0 aromatic heterocycles. The normalized spacial score (nSPS) is 10.0. The molecule has 0 unspecified atom stereocenters. The Hall–Kier alpha value is -3.29. The number of hydrogen-bond donors (Lipinski definition) is 2. The summed E-state index contributed by atoms with van der Waals surface area (Å²) in [7, 11) is 2.84. The molecule has 0 atom stereocenters. The molecule has 0 fully saturated rings. The van der Waals surface area contributed by atoms with E-state index in [0.717, 1.165) is 6.07 Å². The van der Waals surface area contributed by atoms with Crippen LogP contribution < -0.4 is 25.1 Å². The Labute approximate surface area is 150 Å². The maximum atomic E-state index is 13.9. The zero-order valence-electron chi connectivity index (χ0n) is 14.6. The summed E-state index contributed by atoms with van der Waals surface area (Å²) in [5.74, 6) is -0.989.